The SMILES string of the molecule is C[N+]1(C)[C@H]2CC(OC(=O)C(O)(c3cccs3)c3cccs3)C[C@H]1[C@H]1O[C@H]12.O=C(O)CC(O)(CC(=O)O)C(=O)O. The Morgan fingerprint density at radius 3 is 1.74 bits per heavy atom. The van der Waals surface area contributed by atoms with Crippen molar-refractivity contribution in [1.29, 1.82) is 0 Å². The number of esters is 1. The maximum absolute atomic E-state index is 13.1. The molecule has 0 spiro atoms. The molecule has 0 radical (unpaired) electrons. The van der Waals surface area contributed by atoms with Crippen LogP contribution in [-0.4, -0.2) is 104 Å². The lowest BCUT2D eigenvalue weighted by Gasteiger charge is -2.45. The molecular formula is C25H30NO11S2+. The lowest BCUT2D eigenvalue weighted by molar-refractivity contribution is -0.938. The fourth-order valence-electron chi connectivity index (χ4n) is 5.54. The lowest BCUT2D eigenvalue weighted by Crippen LogP contribution is -2.60. The van der Waals surface area contributed by atoms with Gasteiger partial charge in [0.2, 0.25) is 5.60 Å². The van der Waals surface area contributed by atoms with Crippen LogP contribution in [0.25, 0.3) is 0 Å². The van der Waals surface area contributed by atoms with E-state index < -0.39 is 47.9 Å². The molecule has 5 atom stereocenters. The number of rotatable bonds is 9. The van der Waals surface area contributed by atoms with Crippen molar-refractivity contribution in [2.24, 2.45) is 0 Å². The molecule has 3 aliphatic heterocycles. The summed E-state index contributed by atoms with van der Waals surface area (Å²) >= 11 is 2.74. The average Bonchev–Trinajstić information content (AvgIpc) is 3.15. The Morgan fingerprint density at radius 2 is 1.38 bits per heavy atom. The molecule has 5 heterocycles. The first-order valence-corrected chi connectivity index (χ1v) is 13.9. The Balaban J connectivity index is 0.000000233. The molecule has 0 amide bonds. The van der Waals surface area contributed by atoms with Gasteiger partial charge in [-0.3, -0.25) is 9.59 Å². The summed E-state index contributed by atoms with van der Waals surface area (Å²) in [4.78, 5) is 44.8. The molecule has 0 aromatic carbocycles. The summed E-state index contributed by atoms with van der Waals surface area (Å²) in [7, 11) is 4.49. The van der Waals surface area contributed by atoms with Gasteiger partial charge < -0.3 is 39.5 Å². The van der Waals surface area contributed by atoms with Crippen molar-refractivity contribution >= 4 is 46.6 Å². The number of nitrogens with zero attached hydrogens (tertiary/aromatic N) is 1. The molecule has 212 valence electrons. The van der Waals surface area contributed by atoms with Gasteiger partial charge >= 0.3 is 23.9 Å². The molecule has 5 rings (SSSR count). The number of fused-ring (bicyclic) bond motifs is 5. The molecule has 0 saturated carbocycles. The Bertz CT molecular complexity index is 1160. The van der Waals surface area contributed by atoms with E-state index in [4.69, 9.17) is 29.9 Å². The zero-order valence-electron chi connectivity index (χ0n) is 21.1. The highest BCUT2D eigenvalue weighted by Crippen LogP contribution is 2.52. The zero-order chi connectivity index (χ0) is 28.8. The largest absolute Gasteiger partial charge is 0.481 e. The van der Waals surface area contributed by atoms with Crippen LogP contribution in [0.4, 0.5) is 0 Å². The number of hydrogen-bond acceptors (Lipinski definition) is 10. The smallest absolute Gasteiger partial charge is 0.349 e. The highest BCUT2D eigenvalue weighted by Gasteiger charge is 2.71. The molecule has 0 aliphatic carbocycles. The van der Waals surface area contributed by atoms with E-state index in [1.807, 2.05) is 22.9 Å². The average molecular weight is 585 g/mol. The van der Waals surface area contributed by atoms with Crippen LogP contribution in [0.15, 0.2) is 35.0 Å². The number of thiophene rings is 2. The van der Waals surface area contributed by atoms with Crippen molar-refractivity contribution in [1.82, 2.24) is 0 Å². The first-order chi connectivity index (χ1) is 18.2. The predicted octanol–water partition coefficient (Wildman–Crippen LogP) is 1.10. The second-order valence-corrected chi connectivity index (χ2v) is 12.4. The van der Waals surface area contributed by atoms with Crippen LogP contribution in [0.5, 0.6) is 0 Å². The first kappa shape index (κ1) is 29.1. The molecule has 1 unspecified atom stereocenters. The van der Waals surface area contributed by atoms with E-state index in [2.05, 4.69) is 14.1 Å². The summed E-state index contributed by atoms with van der Waals surface area (Å²) in [6, 6.07) is 8.01. The minimum absolute atomic E-state index is 0.161. The molecule has 2 aromatic rings. The number of carbonyl (C=O) groups excluding carboxylic acids is 1. The van der Waals surface area contributed by atoms with E-state index in [9.17, 15) is 24.3 Å². The van der Waals surface area contributed by atoms with Crippen LogP contribution in [-0.2, 0) is 34.3 Å². The van der Waals surface area contributed by atoms with Crippen LogP contribution in [0.1, 0.15) is 35.4 Å². The molecular weight excluding hydrogens is 554 g/mol. The number of ether oxygens (including phenoxy) is 2. The van der Waals surface area contributed by atoms with Gasteiger partial charge in [-0.1, -0.05) is 12.1 Å². The third-order valence-corrected chi connectivity index (χ3v) is 9.61. The molecule has 14 heteroatoms. The number of aliphatic hydroxyl groups is 2. The van der Waals surface area contributed by atoms with Crippen LogP contribution >= 0.6 is 22.7 Å². The van der Waals surface area contributed by atoms with E-state index in [0.717, 1.165) is 17.3 Å². The second-order valence-electron chi connectivity index (χ2n) is 10.5. The monoisotopic (exact) mass is 584 g/mol. The van der Waals surface area contributed by atoms with Gasteiger partial charge in [0.25, 0.3) is 0 Å². The number of carbonyl (C=O) groups is 4. The molecule has 39 heavy (non-hydrogen) atoms. The highest BCUT2D eigenvalue weighted by atomic mass is 32.1. The molecule has 2 bridgehead atoms. The maximum atomic E-state index is 13.1. The summed E-state index contributed by atoms with van der Waals surface area (Å²) in [5.74, 6) is -5.58. The van der Waals surface area contributed by atoms with E-state index in [1.54, 1.807) is 12.1 Å². The molecule has 3 fully saturated rings. The second kappa shape index (κ2) is 10.6. The number of likely N-dealkylation sites (N-methyl/N-ethyl adjacent to an activating group) is 1. The minimum atomic E-state index is -2.74. The summed E-state index contributed by atoms with van der Waals surface area (Å²) in [6.07, 6.45) is -0.239. The van der Waals surface area contributed by atoms with E-state index in [1.165, 1.54) is 22.7 Å². The van der Waals surface area contributed by atoms with Crippen LogP contribution in [0.2, 0.25) is 0 Å². The van der Waals surface area contributed by atoms with E-state index >= 15 is 0 Å². The fraction of sp³-hybridized carbons (Fsp3) is 0.520. The van der Waals surface area contributed by atoms with E-state index in [-0.39, 0.29) is 6.10 Å². The van der Waals surface area contributed by atoms with Crippen LogP contribution in [0, 0.1) is 0 Å². The Morgan fingerprint density at radius 1 is 0.923 bits per heavy atom. The van der Waals surface area contributed by atoms with Crippen LogP contribution in [0.3, 0.4) is 0 Å². The molecule has 12 nitrogen and oxygen atoms in total. The normalized spacial score (nSPS) is 26.5. The third-order valence-electron chi connectivity index (χ3n) is 7.65. The van der Waals surface area contributed by atoms with Gasteiger partial charge in [-0.15, -0.1) is 22.7 Å². The summed E-state index contributed by atoms with van der Waals surface area (Å²) in [6.45, 7) is 0. The van der Waals surface area contributed by atoms with Crippen molar-refractivity contribution in [2.45, 2.75) is 67.3 Å². The number of morpholine rings is 1. The molecule has 3 aliphatic rings. The van der Waals surface area contributed by atoms with Gasteiger partial charge in [-0.25, -0.2) is 9.59 Å². The van der Waals surface area contributed by atoms with E-state index in [0.29, 0.717) is 34.0 Å². The molecule has 2 aromatic heterocycles. The lowest BCUT2D eigenvalue weighted by atomic mass is 9.95. The number of quaternary nitrogens is 1. The number of epoxide rings is 1. The predicted molar refractivity (Wildman–Crippen MR) is 136 cm³/mol. The Labute approximate surface area is 231 Å². The Kier molecular flexibility index (Phi) is 7.91. The van der Waals surface area contributed by atoms with Gasteiger partial charge in [0.1, 0.15) is 30.4 Å². The van der Waals surface area contributed by atoms with Crippen molar-refractivity contribution < 1.29 is 58.7 Å². The van der Waals surface area contributed by atoms with Crippen LogP contribution < -0.4 is 0 Å². The number of aliphatic carboxylic acids is 3. The van der Waals surface area contributed by atoms with Crippen molar-refractivity contribution in [2.75, 3.05) is 14.1 Å². The van der Waals surface area contributed by atoms with Gasteiger partial charge in [-0.2, -0.15) is 0 Å². The number of hydrogen-bond donors (Lipinski definition) is 5. The van der Waals surface area contributed by atoms with Gasteiger partial charge in [0.05, 0.1) is 36.7 Å². The minimum Gasteiger partial charge on any atom is -0.481 e. The van der Waals surface area contributed by atoms with Gasteiger partial charge in [0.15, 0.2) is 5.60 Å². The maximum Gasteiger partial charge on any atom is 0.349 e. The van der Waals surface area contributed by atoms with Gasteiger partial charge in [-0.05, 0) is 22.9 Å². The first-order valence-electron chi connectivity index (χ1n) is 12.1. The molecule has 5 N–H and O–H groups in total. The Hall–Kier alpha value is -2.88. The van der Waals surface area contributed by atoms with Crippen molar-refractivity contribution in [3.63, 3.8) is 0 Å². The van der Waals surface area contributed by atoms with Gasteiger partial charge in [0, 0.05) is 12.8 Å². The number of carboxylic acid groups (broad SMARTS) is 3. The summed E-state index contributed by atoms with van der Waals surface area (Å²) < 4.78 is 12.6. The van der Waals surface area contributed by atoms with Crippen molar-refractivity contribution in [3.8, 4) is 0 Å². The zero-order valence-corrected chi connectivity index (χ0v) is 22.8. The number of carboxylic acids is 3. The summed E-state index contributed by atoms with van der Waals surface area (Å²) in [5, 5.41) is 48.9. The number of piperidine rings is 1. The van der Waals surface area contributed by atoms with Crippen molar-refractivity contribution in [3.05, 3.63) is 44.8 Å². The standard InChI is InChI=1S/C19H22NO4S2.C6H8O7/c1-20(2)12-9-11(10-13(20)17-16(12)24-17)23-18(21)19(22,14-5-3-7-25-14)15-6-4-8-26-15;7-3(8)1-6(13,5(11)12)2-4(9)10/h3-8,11-13,16-17,22H,9-10H2,1-2H3;13H,1-2H2,(H,7,8)(H,9,10)(H,11,12)/q+1;/t11?,12-,13-,16-,17+;/m0./s1. The fourth-order valence-corrected chi connectivity index (χ4v) is 7.26. The molecule has 3 saturated heterocycles. The highest BCUT2D eigenvalue weighted by molar-refractivity contribution is 7.12. The quantitative estimate of drug-likeness (QED) is 0.161. The summed E-state index contributed by atoms with van der Waals surface area (Å²) in [5.41, 5.74) is -4.46. The topological polar surface area (TPSA) is 191 Å². The third kappa shape index (κ3) is 5.58.